The highest BCUT2D eigenvalue weighted by Gasteiger charge is 2.03. The Morgan fingerprint density at radius 2 is 2.12 bits per heavy atom. The van der Waals surface area contributed by atoms with Crippen molar-refractivity contribution in [2.24, 2.45) is 0 Å². The van der Waals surface area contributed by atoms with Crippen LogP contribution in [0.5, 0.6) is 0 Å². The van der Waals surface area contributed by atoms with E-state index in [1.165, 1.54) is 11.8 Å². The van der Waals surface area contributed by atoms with Gasteiger partial charge in [-0.1, -0.05) is 18.2 Å². The van der Waals surface area contributed by atoms with Gasteiger partial charge in [-0.2, -0.15) is 0 Å². The molecule has 0 bridgehead atoms. The predicted molar refractivity (Wildman–Crippen MR) is 77.3 cm³/mol. The van der Waals surface area contributed by atoms with Crippen LogP contribution in [-0.2, 0) is 10.8 Å². The summed E-state index contributed by atoms with van der Waals surface area (Å²) in [5, 5.41) is 1.09. The molecule has 1 aromatic carbocycles. The molecule has 2 nitrogen and oxygen atoms in total. The normalized spacial score (nSPS) is 13.9. The maximum absolute atomic E-state index is 11.5. The molecule has 1 aromatic heterocycles. The van der Waals surface area contributed by atoms with E-state index in [2.05, 4.69) is 4.98 Å². The predicted octanol–water partition coefficient (Wildman–Crippen LogP) is 3.27. The Bertz CT molecular complexity index is 587. The van der Waals surface area contributed by atoms with Gasteiger partial charge in [0, 0.05) is 17.8 Å². The van der Waals surface area contributed by atoms with Gasteiger partial charge in [0.25, 0.3) is 0 Å². The highest BCUT2D eigenvalue weighted by molar-refractivity contribution is 8.16. The summed E-state index contributed by atoms with van der Waals surface area (Å²) in [5.74, 6) is 0. The van der Waals surface area contributed by atoms with Crippen LogP contribution in [0.4, 0.5) is 0 Å². The van der Waals surface area contributed by atoms with Crippen LogP contribution < -0.4 is 0 Å². The lowest BCUT2D eigenvalue weighted by molar-refractivity contribution is 0.691. The van der Waals surface area contributed by atoms with E-state index in [0.717, 1.165) is 20.7 Å². The highest BCUT2D eigenvalue weighted by atomic mass is 32.2. The number of fused-ring (bicyclic) bond motifs is 1. The number of aromatic nitrogens is 1. The Balaban J connectivity index is 2.59. The minimum absolute atomic E-state index is 0.876. The van der Waals surface area contributed by atoms with Crippen LogP contribution in [0.1, 0.15) is 5.56 Å². The third-order valence-corrected chi connectivity index (χ3v) is 4.85. The quantitative estimate of drug-likeness (QED) is 0.851. The number of hydrogen-bond acceptors (Lipinski definition) is 3. The van der Waals surface area contributed by atoms with E-state index in [4.69, 9.17) is 0 Å². The summed E-state index contributed by atoms with van der Waals surface area (Å²) in [6.45, 7) is 0. The van der Waals surface area contributed by atoms with Gasteiger partial charge in [0.15, 0.2) is 0 Å². The summed E-state index contributed by atoms with van der Waals surface area (Å²) in [6.07, 6.45) is 7.40. The van der Waals surface area contributed by atoms with Crippen molar-refractivity contribution < 1.29 is 4.21 Å². The summed E-state index contributed by atoms with van der Waals surface area (Å²) in [6, 6.07) is 9.92. The van der Waals surface area contributed by atoms with E-state index < -0.39 is 10.8 Å². The Hall–Kier alpha value is -1.13. The smallest absolute Gasteiger partial charge is 0.0716 e. The van der Waals surface area contributed by atoms with Crippen LogP contribution in [0, 0.1) is 0 Å². The first kappa shape index (κ1) is 12.3. The van der Waals surface area contributed by atoms with E-state index in [1.807, 2.05) is 42.7 Å². The SMILES string of the molecule is CS/C(=C/c1ccnc2ccccc12)S(C)=O. The van der Waals surface area contributed by atoms with E-state index in [0.29, 0.717) is 0 Å². The minimum Gasteiger partial charge on any atom is -0.256 e. The lowest BCUT2D eigenvalue weighted by Crippen LogP contribution is -1.88. The van der Waals surface area contributed by atoms with Gasteiger partial charge in [-0.05, 0) is 30.0 Å². The molecule has 0 aliphatic heterocycles. The highest BCUT2D eigenvalue weighted by Crippen LogP contribution is 2.23. The number of rotatable bonds is 3. The fourth-order valence-corrected chi connectivity index (χ4v) is 3.11. The van der Waals surface area contributed by atoms with Crippen LogP contribution in [-0.4, -0.2) is 21.7 Å². The van der Waals surface area contributed by atoms with E-state index in [9.17, 15) is 4.21 Å². The van der Waals surface area contributed by atoms with Crippen molar-refractivity contribution in [3.63, 3.8) is 0 Å². The molecule has 0 saturated heterocycles. The maximum Gasteiger partial charge on any atom is 0.0716 e. The van der Waals surface area contributed by atoms with Gasteiger partial charge in [0.05, 0.1) is 20.6 Å². The third kappa shape index (κ3) is 2.76. The molecule has 0 radical (unpaired) electrons. The molecule has 88 valence electrons. The second-order valence-electron chi connectivity index (χ2n) is 3.54. The van der Waals surface area contributed by atoms with Crippen LogP contribution in [0.25, 0.3) is 17.0 Å². The zero-order valence-electron chi connectivity index (χ0n) is 9.71. The van der Waals surface area contributed by atoms with Crippen LogP contribution >= 0.6 is 11.8 Å². The fourth-order valence-electron chi connectivity index (χ4n) is 1.63. The second kappa shape index (κ2) is 5.47. The molecule has 1 atom stereocenters. The van der Waals surface area contributed by atoms with E-state index in [-0.39, 0.29) is 0 Å². The molecular weight excluding hydrogens is 250 g/mol. The first-order valence-corrected chi connectivity index (χ1v) is 7.93. The van der Waals surface area contributed by atoms with E-state index in [1.54, 1.807) is 12.5 Å². The van der Waals surface area contributed by atoms with Crippen molar-refractivity contribution in [2.45, 2.75) is 0 Å². The monoisotopic (exact) mass is 263 g/mol. The summed E-state index contributed by atoms with van der Waals surface area (Å²) >= 11 is 1.52. The van der Waals surface area contributed by atoms with Gasteiger partial charge in [-0.3, -0.25) is 9.19 Å². The van der Waals surface area contributed by atoms with Crippen LogP contribution in [0.3, 0.4) is 0 Å². The average molecular weight is 263 g/mol. The Morgan fingerprint density at radius 1 is 1.35 bits per heavy atom. The van der Waals surface area contributed by atoms with E-state index >= 15 is 0 Å². The van der Waals surface area contributed by atoms with Crippen molar-refractivity contribution in [1.29, 1.82) is 0 Å². The molecule has 0 aliphatic rings. The minimum atomic E-state index is -0.943. The Kier molecular flexibility index (Phi) is 3.97. The van der Waals surface area contributed by atoms with Crippen LogP contribution in [0.15, 0.2) is 40.8 Å². The van der Waals surface area contributed by atoms with Crippen LogP contribution in [0.2, 0.25) is 0 Å². The first-order valence-electron chi connectivity index (χ1n) is 5.15. The van der Waals surface area contributed by atoms with Gasteiger partial charge in [0.1, 0.15) is 0 Å². The first-order chi connectivity index (χ1) is 8.22. The van der Waals surface area contributed by atoms with Gasteiger partial charge in [-0.25, -0.2) is 0 Å². The van der Waals surface area contributed by atoms with Gasteiger partial charge < -0.3 is 0 Å². The molecule has 0 spiro atoms. The molecule has 2 aromatic rings. The number of thioether (sulfide) groups is 1. The second-order valence-corrected chi connectivity index (χ2v) is 5.99. The molecule has 0 fully saturated rings. The Labute approximate surface area is 108 Å². The average Bonchev–Trinajstić information content (AvgIpc) is 2.35. The number of benzene rings is 1. The number of para-hydroxylation sites is 1. The lowest BCUT2D eigenvalue weighted by atomic mass is 10.1. The van der Waals surface area contributed by atoms with Crippen molar-refractivity contribution in [3.05, 3.63) is 46.3 Å². The molecule has 0 saturated carbocycles. The fraction of sp³-hybridized carbons (Fsp3) is 0.154. The molecular formula is C13H13NOS2. The number of pyridine rings is 1. The van der Waals surface area contributed by atoms with Crippen molar-refractivity contribution >= 4 is 39.5 Å². The van der Waals surface area contributed by atoms with Crippen molar-refractivity contribution in [3.8, 4) is 0 Å². The van der Waals surface area contributed by atoms with Gasteiger partial charge in [0.2, 0.25) is 0 Å². The molecule has 0 amide bonds. The topological polar surface area (TPSA) is 30.0 Å². The molecule has 4 heteroatoms. The summed E-state index contributed by atoms with van der Waals surface area (Å²) < 4.78 is 12.4. The molecule has 0 N–H and O–H groups in total. The number of nitrogens with zero attached hydrogens (tertiary/aromatic N) is 1. The third-order valence-electron chi connectivity index (χ3n) is 2.44. The zero-order valence-corrected chi connectivity index (χ0v) is 11.3. The molecule has 1 heterocycles. The number of hydrogen-bond donors (Lipinski definition) is 0. The van der Waals surface area contributed by atoms with Crippen molar-refractivity contribution in [2.75, 3.05) is 12.5 Å². The van der Waals surface area contributed by atoms with Crippen molar-refractivity contribution in [1.82, 2.24) is 4.98 Å². The summed E-state index contributed by atoms with van der Waals surface area (Å²) in [7, 11) is -0.943. The largest absolute Gasteiger partial charge is 0.256 e. The molecule has 17 heavy (non-hydrogen) atoms. The summed E-state index contributed by atoms with van der Waals surface area (Å²) in [4.78, 5) is 4.31. The molecule has 1 unspecified atom stereocenters. The van der Waals surface area contributed by atoms with Gasteiger partial charge >= 0.3 is 0 Å². The molecule has 2 rings (SSSR count). The standard InChI is InChI=1S/C13H13NOS2/c1-16-13(17(2)15)9-10-7-8-14-12-6-4-3-5-11(10)12/h3-9H,1-2H3/b13-9-. The molecule has 0 aliphatic carbocycles. The zero-order chi connectivity index (χ0) is 12.3. The van der Waals surface area contributed by atoms with Gasteiger partial charge in [-0.15, -0.1) is 11.8 Å². The lowest BCUT2D eigenvalue weighted by Gasteiger charge is -2.03. The maximum atomic E-state index is 11.5. The summed E-state index contributed by atoms with van der Waals surface area (Å²) in [5.41, 5.74) is 2.03. The Morgan fingerprint density at radius 3 is 2.82 bits per heavy atom.